The van der Waals surface area contributed by atoms with Crippen molar-refractivity contribution >= 4 is 5.82 Å². The van der Waals surface area contributed by atoms with Crippen LogP contribution in [0, 0.1) is 17.2 Å². The molecule has 0 radical (unpaired) electrons. The summed E-state index contributed by atoms with van der Waals surface area (Å²) in [5.41, 5.74) is -0.767. The van der Waals surface area contributed by atoms with Gasteiger partial charge in [-0.1, -0.05) is 0 Å². The third kappa shape index (κ3) is 3.36. The average Bonchev–Trinajstić information content (AvgIpc) is 2.34. The van der Waals surface area contributed by atoms with Gasteiger partial charge in [-0.15, -0.1) is 0 Å². The summed E-state index contributed by atoms with van der Waals surface area (Å²) in [6.07, 6.45) is -3.11. The maximum absolute atomic E-state index is 12.8. The first kappa shape index (κ1) is 14.3. The Labute approximate surface area is 104 Å². The first-order valence-electron chi connectivity index (χ1n) is 5.57. The summed E-state index contributed by atoms with van der Waals surface area (Å²) in [4.78, 5) is 5.27. The normalized spacial score (nSPS) is 12.9. The van der Waals surface area contributed by atoms with Gasteiger partial charge in [0.2, 0.25) is 0 Å². The fraction of sp³-hybridized carbons (Fsp3) is 0.500. The summed E-state index contributed by atoms with van der Waals surface area (Å²) in [7, 11) is 0. The number of nitrogens with zero attached hydrogens (tertiary/aromatic N) is 3. The molecule has 0 aliphatic rings. The monoisotopic (exact) mass is 257 g/mol. The van der Waals surface area contributed by atoms with E-state index >= 15 is 0 Å². The van der Waals surface area contributed by atoms with Gasteiger partial charge in [0.25, 0.3) is 0 Å². The molecule has 98 valence electrons. The third-order valence-corrected chi connectivity index (χ3v) is 2.49. The van der Waals surface area contributed by atoms with Crippen LogP contribution in [0.25, 0.3) is 0 Å². The molecule has 0 saturated carbocycles. The van der Waals surface area contributed by atoms with Crippen molar-refractivity contribution in [3.8, 4) is 6.07 Å². The lowest BCUT2D eigenvalue weighted by atomic mass is 10.1. The smallest absolute Gasteiger partial charge is 0.355 e. The molecule has 1 rings (SSSR count). The zero-order valence-electron chi connectivity index (χ0n) is 10.2. The molecule has 0 fully saturated rings. The molecule has 0 spiro atoms. The highest BCUT2D eigenvalue weighted by atomic mass is 19.4. The van der Waals surface area contributed by atoms with E-state index in [0.29, 0.717) is 6.54 Å². The molecular formula is C12H14F3N3. The van der Waals surface area contributed by atoms with Crippen molar-refractivity contribution in [3.05, 3.63) is 23.9 Å². The van der Waals surface area contributed by atoms with E-state index in [1.807, 2.05) is 6.07 Å². The lowest BCUT2D eigenvalue weighted by molar-refractivity contribution is -0.137. The Morgan fingerprint density at radius 3 is 2.67 bits per heavy atom. The lowest BCUT2D eigenvalue weighted by Gasteiger charge is -2.25. The molecule has 1 aromatic heterocycles. The SMILES string of the molecule is CCN(CC(C)C#N)c1ncccc1C(F)(F)F. The minimum atomic E-state index is -4.44. The molecule has 0 aliphatic heterocycles. The van der Waals surface area contributed by atoms with Crippen molar-refractivity contribution < 1.29 is 13.2 Å². The molecule has 0 aliphatic carbocycles. The first-order valence-corrected chi connectivity index (χ1v) is 5.57. The summed E-state index contributed by atoms with van der Waals surface area (Å²) >= 11 is 0. The van der Waals surface area contributed by atoms with Crippen LogP contribution in [-0.2, 0) is 6.18 Å². The van der Waals surface area contributed by atoms with E-state index in [0.717, 1.165) is 6.07 Å². The fourth-order valence-corrected chi connectivity index (χ4v) is 1.61. The standard InChI is InChI=1S/C12H14F3N3/c1-3-18(8-9(2)7-16)11-10(12(13,14)15)5-4-6-17-11/h4-6,9H,3,8H2,1-2H3. The quantitative estimate of drug-likeness (QED) is 0.832. The molecule has 1 aromatic rings. The van der Waals surface area contributed by atoms with Gasteiger partial charge in [0.15, 0.2) is 0 Å². The predicted molar refractivity (Wildman–Crippen MR) is 61.9 cm³/mol. The Morgan fingerprint density at radius 2 is 2.17 bits per heavy atom. The van der Waals surface area contributed by atoms with Crippen molar-refractivity contribution in [2.75, 3.05) is 18.0 Å². The zero-order chi connectivity index (χ0) is 13.8. The molecular weight excluding hydrogens is 243 g/mol. The van der Waals surface area contributed by atoms with Gasteiger partial charge in [0.05, 0.1) is 17.6 Å². The number of halogens is 3. The maximum atomic E-state index is 12.8. The Bertz CT molecular complexity index is 437. The van der Waals surface area contributed by atoms with Crippen molar-refractivity contribution in [1.82, 2.24) is 4.98 Å². The minimum absolute atomic E-state index is 0.116. The number of anilines is 1. The number of hydrogen-bond donors (Lipinski definition) is 0. The Hall–Kier alpha value is -1.77. The molecule has 3 nitrogen and oxygen atoms in total. The van der Waals surface area contributed by atoms with Crippen LogP contribution in [0.2, 0.25) is 0 Å². The summed E-state index contributed by atoms with van der Waals surface area (Å²) in [5, 5.41) is 8.74. The van der Waals surface area contributed by atoms with Gasteiger partial charge >= 0.3 is 6.18 Å². The number of nitriles is 1. The van der Waals surface area contributed by atoms with E-state index in [9.17, 15) is 13.2 Å². The van der Waals surface area contributed by atoms with Crippen molar-refractivity contribution in [1.29, 1.82) is 5.26 Å². The van der Waals surface area contributed by atoms with E-state index in [-0.39, 0.29) is 18.3 Å². The van der Waals surface area contributed by atoms with Crippen molar-refractivity contribution in [2.45, 2.75) is 20.0 Å². The highest BCUT2D eigenvalue weighted by Gasteiger charge is 2.35. The van der Waals surface area contributed by atoms with Gasteiger partial charge in [0.1, 0.15) is 5.82 Å². The van der Waals surface area contributed by atoms with Crippen LogP contribution in [0.3, 0.4) is 0 Å². The van der Waals surface area contributed by atoms with Gasteiger partial charge in [-0.05, 0) is 26.0 Å². The summed E-state index contributed by atoms with van der Waals surface area (Å²) in [6, 6.07) is 4.27. The van der Waals surface area contributed by atoms with Crippen LogP contribution in [-0.4, -0.2) is 18.1 Å². The molecule has 18 heavy (non-hydrogen) atoms. The number of pyridine rings is 1. The molecule has 0 bridgehead atoms. The number of hydrogen-bond acceptors (Lipinski definition) is 3. The van der Waals surface area contributed by atoms with Crippen molar-refractivity contribution in [3.63, 3.8) is 0 Å². The molecule has 1 heterocycles. The highest BCUT2D eigenvalue weighted by molar-refractivity contribution is 5.48. The Balaban J connectivity index is 3.11. The fourth-order valence-electron chi connectivity index (χ4n) is 1.61. The molecule has 1 atom stereocenters. The summed E-state index contributed by atoms with van der Waals surface area (Å²) in [5.74, 6) is -0.470. The molecule has 0 aromatic carbocycles. The van der Waals surface area contributed by atoms with Crippen LogP contribution in [0.15, 0.2) is 18.3 Å². The molecule has 6 heteroatoms. The summed E-state index contributed by atoms with van der Waals surface area (Å²) < 4.78 is 38.5. The van der Waals surface area contributed by atoms with Gasteiger partial charge in [-0.25, -0.2) is 4.98 Å². The second-order valence-corrected chi connectivity index (χ2v) is 3.94. The van der Waals surface area contributed by atoms with E-state index in [1.54, 1.807) is 13.8 Å². The largest absolute Gasteiger partial charge is 0.419 e. The second-order valence-electron chi connectivity index (χ2n) is 3.94. The van der Waals surface area contributed by atoms with E-state index in [1.165, 1.54) is 17.2 Å². The Kier molecular flexibility index (Phi) is 4.54. The van der Waals surface area contributed by atoms with Crippen molar-refractivity contribution in [2.24, 2.45) is 5.92 Å². The number of rotatable bonds is 4. The van der Waals surface area contributed by atoms with E-state index in [4.69, 9.17) is 5.26 Å². The third-order valence-electron chi connectivity index (χ3n) is 2.49. The van der Waals surface area contributed by atoms with Gasteiger partial charge < -0.3 is 4.90 Å². The average molecular weight is 257 g/mol. The number of aromatic nitrogens is 1. The minimum Gasteiger partial charge on any atom is -0.355 e. The van der Waals surface area contributed by atoms with Gasteiger partial charge in [0, 0.05) is 19.3 Å². The first-order chi connectivity index (χ1) is 8.40. The second kappa shape index (κ2) is 5.71. The summed E-state index contributed by atoms with van der Waals surface area (Å²) in [6.45, 7) is 4.00. The van der Waals surface area contributed by atoms with Gasteiger partial charge in [-0.3, -0.25) is 0 Å². The zero-order valence-corrected chi connectivity index (χ0v) is 10.2. The van der Waals surface area contributed by atoms with Crippen LogP contribution >= 0.6 is 0 Å². The van der Waals surface area contributed by atoms with Gasteiger partial charge in [-0.2, -0.15) is 18.4 Å². The van der Waals surface area contributed by atoms with E-state index < -0.39 is 11.7 Å². The topological polar surface area (TPSA) is 39.9 Å². The molecule has 0 saturated heterocycles. The molecule has 0 N–H and O–H groups in total. The van der Waals surface area contributed by atoms with Crippen LogP contribution in [0.5, 0.6) is 0 Å². The molecule has 0 amide bonds. The lowest BCUT2D eigenvalue weighted by Crippen LogP contribution is -2.30. The number of alkyl halides is 3. The Morgan fingerprint density at radius 1 is 1.50 bits per heavy atom. The van der Waals surface area contributed by atoms with Crippen LogP contribution < -0.4 is 4.90 Å². The predicted octanol–water partition coefficient (Wildman–Crippen LogP) is 3.09. The highest BCUT2D eigenvalue weighted by Crippen LogP contribution is 2.35. The maximum Gasteiger partial charge on any atom is 0.419 e. The van der Waals surface area contributed by atoms with Crippen LogP contribution in [0.1, 0.15) is 19.4 Å². The van der Waals surface area contributed by atoms with Crippen LogP contribution in [0.4, 0.5) is 19.0 Å². The molecule has 1 unspecified atom stereocenters. The van der Waals surface area contributed by atoms with E-state index in [2.05, 4.69) is 4.98 Å².